The lowest BCUT2D eigenvalue weighted by Gasteiger charge is -2.16. The molecule has 0 aromatic heterocycles. The van der Waals surface area contributed by atoms with Crippen LogP contribution in [0.3, 0.4) is 0 Å². The average molecular weight is 489 g/mol. The summed E-state index contributed by atoms with van der Waals surface area (Å²) in [5.74, 6) is 0.763. The number of hydrogen-bond acceptors (Lipinski definition) is 4. The van der Waals surface area contributed by atoms with Crippen molar-refractivity contribution >= 4 is 39.8 Å². The predicted molar refractivity (Wildman–Crippen MR) is 103 cm³/mol. The van der Waals surface area contributed by atoms with E-state index in [0.717, 1.165) is 0 Å². The van der Waals surface area contributed by atoms with Crippen LogP contribution in [0.1, 0.15) is 18.9 Å². The molecule has 1 heterocycles. The number of aliphatic imine (C=N–C) groups is 1. The smallest absolute Gasteiger partial charge is 0.387 e. The number of halogens is 3. The number of ether oxygens (including phenoxy) is 1. The molecule has 142 valence electrons. The van der Waals surface area contributed by atoms with Crippen molar-refractivity contribution in [3.63, 3.8) is 0 Å². The molecule has 10 heteroatoms. The van der Waals surface area contributed by atoms with Crippen molar-refractivity contribution in [2.24, 2.45) is 4.99 Å². The van der Waals surface area contributed by atoms with Crippen LogP contribution in [-0.4, -0.2) is 45.1 Å². The van der Waals surface area contributed by atoms with Gasteiger partial charge in [-0.05, 0) is 19.4 Å². The molecule has 1 atom stereocenters. The van der Waals surface area contributed by atoms with E-state index in [1.165, 1.54) is 6.07 Å². The lowest BCUT2D eigenvalue weighted by Crippen LogP contribution is -2.44. The zero-order valence-electron chi connectivity index (χ0n) is 13.7. The van der Waals surface area contributed by atoms with Crippen molar-refractivity contribution in [1.29, 1.82) is 0 Å². The SMILES string of the molecule is CCNC(=NCc1ccccc1OC(F)F)NC1CCS(=O)(=O)C1.I. The molecule has 1 unspecified atom stereocenters. The third kappa shape index (κ3) is 7.30. The highest BCUT2D eigenvalue weighted by Gasteiger charge is 2.28. The van der Waals surface area contributed by atoms with Gasteiger partial charge in [-0.1, -0.05) is 18.2 Å². The summed E-state index contributed by atoms with van der Waals surface area (Å²) in [6, 6.07) is 6.25. The molecule has 1 saturated heterocycles. The van der Waals surface area contributed by atoms with Crippen molar-refractivity contribution < 1.29 is 21.9 Å². The van der Waals surface area contributed by atoms with Crippen LogP contribution in [0.15, 0.2) is 29.3 Å². The van der Waals surface area contributed by atoms with Gasteiger partial charge < -0.3 is 15.4 Å². The average Bonchev–Trinajstić information content (AvgIpc) is 2.84. The van der Waals surface area contributed by atoms with Gasteiger partial charge in [-0.25, -0.2) is 13.4 Å². The first-order valence-electron chi connectivity index (χ1n) is 7.67. The van der Waals surface area contributed by atoms with Gasteiger partial charge in [0.2, 0.25) is 0 Å². The summed E-state index contributed by atoms with van der Waals surface area (Å²) in [4.78, 5) is 4.34. The van der Waals surface area contributed by atoms with E-state index in [2.05, 4.69) is 20.4 Å². The minimum absolute atomic E-state index is 0. The molecule has 1 aromatic rings. The third-order valence-electron chi connectivity index (χ3n) is 3.51. The second-order valence-corrected chi connectivity index (χ2v) is 7.65. The van der Waals surface area contributed by atoms with Crippen molar-refractivity contribution in [3.05, 3.63) is 29.8 Å². The number of nitrogens with one attached hydrogen (secondary N) is 2. The first-order valence-corrected chi connectivity index (χ1v) is 9.49. The minimum Gasteiger partial charge on any atom is -0.434 e. The maximum atomic E-state index is 12.4. The quantitative estimate of drug-likeness (QED) is 0.364. The fraction of sp³-hybridized carbons (Fsp3) is 0.533. The molecule has 2 rings (SSSR count). The minimum atomic E-state index is -2.99. The van der Waals surface area contributed by atoms with Crippen LogP contribution in [0, 0.1) is 0 Å². The number of rotatable bonds is 6. The van der Waals surface area contributed by atoms with Crippen LogP contribution in [0.25, 0.3) is 0 Å². The lowest BCUT2D eigenvalue weighted by atomic mass is 10.2. The first-order chi connectivity index (χ1) is 11.4. The Morgan fingerprint density at radius 1 is 1.40 bits per heavy atom. The molecule has 1 aliphatic heterocycles. The second kappa shape index (κ2) is 10.1. The summed E-state index contributed by atoms with van der Waals surface area (Å²) >= 11 is 0. The maximum absolute atomic E-state index is 12.4. The summed E-state index contributed by atoms with van der Waals surface area (Å²) in [7, 11) is -2.99. The summed E-state index contributed by atoms with van der Waals surface area (Å²) in [5, 5.41) is 6.10. The molecule has 0 spiro atoms. The fourth-order valence-electron chi connectivity index (χ4n) is 2.43. The van der Waals surface area contributed by atoms with Gasteiger partial charge in [-0.15, -0.1) is 24.0 Å². The Kier molecular flexibility index (Phi) is 8.83. The summed E-state index contributed by atoms with van der Waals surface area (Å²) in [5.41, 5.74) is 0.522. The number of alkyl halides is 2. The summed E-state index contributed by atoms with van der Waals surface area (Å²) in [6.07, 6.45) is 0.526. The van der Waals surface area contributed by atoms with Crippen LogP contribution in [0.4, 0.5) is 8.78 Å². The van der Waals surface area contributed by atoms with Crippen LogP contribution >= 0.6 is 24.0 Å². The maximum Gasteiger partial charge on any atom is 0.387 e. The van der Waals surface area contributed by atoms with Gasteiger partial charge in [0, 0.05) is 18.2 Å². The molecular weight excluding hydrogens is 467 g/mol. The van der Waals surface area contributed by atoms with E-state index in [1.54, 1.807) is 18.2 Å². The van der Waals surface area contributed by atoms with Crippen LogP contribution in [-0.2, 0) is 16.4 Å². The van der Waals surface area contributed by atoms with E-state index in [0.29, 0.717) is 24.5 Å². The van der Waals surface area contributed by atoms with E-state index in [-0.39, 0.29) is 53.8 Å². The largest absolute Gasteiger partial charge is 0.434 e. The highest BCUT2D eigenvalue weighted by atomic mass is 127. The molecule has 0 amide bonds. The van der Waals surface area contributed by atoms with Crippen LogP contribution in [0.2, 0.25) is 0 Å². The van der Waals surface area contributed by atoms with E-state index in [1.807, 2.05) is 6.92 Å². The molecule has 0 saturated carbocycles. The zero-order chi connectivity index (χ0) is 17.6. The molecule has 0 aliphatic carbocycles. The van der Waals surface area contributed by atoms with Gasteiger partial charge in [-0.2, -0.15) is 8.78 Å². The molecule has 0 bridgehead atoms. The molecule has 1 fully saturated rings. The molecule has 6 nitrogen and oxygen atoms in total. The van der Waals surface area contributed by atoms with Gasteiger partial charge in [-0.3, -0.25) is 0 Å². The van der Waals surface area contributed by atoms with Crippen LogP contribution < -0.4 is 15.4 Å². The zero-order valence-corrected chi connectivity index (χ0v) is 16.9. The third-order valence-corrected chi connectivity index (χ3v) is 5.28. The molecule has 1 aromatic carbocycles. The van der Waals surface area contributed by atoms with Crippen LogP contribution in [0.5, 0.6) is 5.75 Å². The number of para-hydroxylation sites is 1. The highest BCUT2D eigenvalue weighted by molar-refractivity contribution is 14.0. The number of hydrogen-bond donors (Lipinski definition) is 2. The molecule has 1 aliphatic rings. The van der Waals surface area contributed by atoms with E-state index in [4.69, 9.17) is 0 Å². The molecule has 25 heavy (non-hydrogen) atoms. The summed E-state index contributed by atoms with van der Waals surface area (Å²) in [6.45, 7) is -0.278. The van der Waals surface area contributed by atoms with Gasteiger partial charge >= 0.3 is 6.61 Å². The Hall–Kier alpha value is -1.17. The van der Waals surface area contributed by atoms with Gasteiger partial charge in [0.1, 0.15) is 5.75 Å². The molecular formula is C15H22F2IN3O3S. The molecule has 0 radical (unpaired) electrons. The topological polar surface area (TPSA) is 79.8 Å². The second-order valence-electron chi connectivity index (χ2n) is 5.43. The Bertz CT molecular complexity index is 686. The highest BCUT2D eigenvalue weighted by Crippen LogP contribution is 2.21. The Morgan fingerprint density at radius 3 is 2.72 bits per heavy atom. The van der Waals surface area contributed by atoms with Gasteiger partial charge in [0.15, 0.2) is 15.8 Å². The van der Waals surface area contributed by atoms with Crippen molar-refractivity contribution in [3.8, 4) is 5.75 Å². The standard InChI is InChI=1S/C15H21F2N3O3S.HI/c1-2-18-15(20-12-7-8-24(21,22)10-12)19-9-11-5-3-4-6-13(11)23-14(16)17;/h3-6,12,14H,2,7-10H2,1H3,(H2,18,19,20);1H. The first kappa shape index (κ1) is 21.9. The Balaban J connectivity index is 0.00000312. The van der Waals surface area contributed by atoms with E-state index in [9.17, 15) is 17.2 Å². The normalized spacial score (nSPS) is 19.4. The summed E-state index contributed by atoms with van der Waals surface area (Å²) < 4.78 is 52.4. The van der Waals surface area contributed by atoms with E-state index < -0.39 is 16.4 Å². The Morgan fingerprint density at radius 2 is 2.12 bits per heavy atom. The molecule has 2 N–H and O–H groups in total. The van der Waals surface area contributed by atoms with Gasteiger partial charge in [0.05, 0.1) is 18.1 Å². The predicted octanol–water partition coefficient (Wildman–Crippen LogP) is 2.15. The Labute approximate surface area is 163 Å². The number of guanidine groups is 1. The monoisotopic (exact) mass is 489 g/mol. The van der Waals surface area contributed by atoms with Gasteiger partial charge in [0.25, 0.3) is 0 Å². The number of nitrogens with zero attached hydrogens (tertiary/aromatic N) is 1. The number of benzene rings is 1. The van der Waals surface area contributed by atoms with E-state index >= 15 is 0 Å². The fourth-order valence-corrected chi connectivity index (χ4v) is 4.11. The van der Waals surface area contributed by atoms with Crippen molar-refractivity contribution in [1.82, 2.24) is 10.6 Å². The van der Waals surface area contributed by atoms with Crippen molar-refractivity contribution in [2.75, 3.05) is 18.1 Å². The lowest BCUT2D eigenvalue weighted by molar-refractivity contribution is -0.0504. The number of sulfone groups is 1. The van der Waals surface area contributed by atoms with Crippen molar-refractivity contribution in [2.45, 2.75) is 32.5 Å².